The van der Waals surface area contributed by atoms with E-state index in [0.29, 0.717) is 5.75 Å². The highest BCUT2D eigenvalue weighted by atomic mass is 16.5. The minimum absolute atomic E-state index is 0.270. The van der Waals surface area contributed by atoms with Crippen LogP contribution in [0.4, 0.5) is 4.79 Å². The smallest absolute Gasteiger partial charge is 0.411 e. The van der Waals surface area contributed by atoms with E-state index in [1.807, 2.05) is 18.2 Å². The number of aromatic nitrogens is 1. The van der Waals surface area contributed by atoms with Crippen LogP contribution in [0.5, 0.6) is 5.75 Å². The number of ether oxygens (including phenoxy) is 1. The molecule has 1 aliphatic heterocycles. The Labute approximate surface area is 103 Å². The van der Waals surface area contributed by atoms with Gasteiger partial charge in [0.1, 0.15) is 12.0 Å². The van der Waals surface area contributed by atoms with Crippen molar-refractivity contribution in [1.82, 2.24) is 9.88 Å². The Morgan fingerprint density at radius 1 is 1.39 bits per heavy atom. The van der Waals surface area contributed by atoms with Crippen LogP contribution in [-0.4, -0.2) is 21.1 Å². The molecule has 1 amide bonds. The van der Waals surface area contributed by atoms with E-state index in [2.05, 4.69) is 4.98 Å². The predicted octanol–water partition coefficient (Wildman–Crippen LogP) is 2.58. The van der Waals surface area contributed by atoms with Gasteiger partial charge in [-0.15, -0.1) is 0 Å². The van der Waals surface area contributed by atoms with Crippen LogP contribution < -0.4 is 4.74 Å². The van der Waals surface area contributed by atoms with Gasteiger partial charge in [0, 0.05) is 29.5 Å². The summed E-state index contributed by atoms with van der Waals surface area (Å²) < 4.78 is 5.52. The van der Waals surface area contributed by atoms with Gasteiger partial charge in [-0.3, -0.25) is 9.88 Å². The van der Waals surface area contributed by atoms with E-state index in [0.717, 1.165) is 16.3 Å². The largest absolute Gasteiger partial charge is 0.465 e. The Balaban J connectivity index is 2.16. The fourth-order valence-electron chi connectivity index (χ4n) is 1.98. The van der Waals surface area contributed by atoms with Crippen molar-refractivity contribution in [1.29, 1.82) is 0 Å². The maximum atomic E-state index is 11.0. The van der Waals surface area contributed by atoms with Crippen molar-refractivity contribution in [3.05, 3.63) is 48.6 Å². The van der Waals surface area contributed by atoms with E-state index in [-0.39, 0.29) is 6.54 Å². The molecular weight excluding hydrogens is 232 g/mol. The minimum atomic E-state index is -1.01. The normalized spacial score (nSPS) is 13.9. The molecule has 90 valence electrons. The zero-order valence-corrected chi connectivity index (χ0v) is 9.41. The van der Waals surface area contributed by atoms with Crippen LogP contribution in [0.25, 0.3) is 10.8 Å². The summed E-state index contributed by atoms with van der Waals surface area (Å²) in [6, 6.07) is 5.70. The summed E-state index contributed by atoms with van der Waals surface area (Å²) in [7, 11) is 0. The maximum absolute atomic E-state index is 11.0. The van der Waals surface area contributed by atoms with Gasteiger partial charge in [0.05, 0.1) is 6.54 Å². The summed E-state index contributed by atoms with van der Waals surface area (Å²) in [4.78, 5) is 16.2. The lowest BCUT2D eigenvalue weighted by Gasteiger charge is -2.13. The Kier molecular flexibility index (Phi) is 2.37. The zero-order valence-electron chi connectivity index (χ0n) is 9.41. The first-order chi connectivity index (χ1) is 8.75. The van der Waals surface area contributed by atoms with Crippen molar-refractivity contribution in [2.24, 2.45) is 0 Å². The third kappa shape index (κ3) is 1.66. The van der Waals surface area contributed by atoms with E-state index < -0.39 is 6.09 Å². The monoisotopic (exact) mass is 242 g/mol. The molecule has 1 aliphatic rings. The number of rotatable bonds is 0. The first-order valence-electron chi connectivity index (χ1n) is 5.44. The predicted molar refractivity (Wildman–Crippen MR) is 65.1 cm³/mol. The van der Waals surface area contributed by atoms with Gasteiger partial charge in [0.2, 0.25) is 0 Å². The molecule has 1 aromatic heterocycles. The van der Waals surface area contributed by atoms with Crippen molar-refractivity contribution in [2.75, 3.05) is 0 Å². The summed E-state index contributed by atoms with van der Waals surface area (Å²) in [6.07, 6.45) is 5.22. The molecule has 18 heavy (non-hydrogen) atoms. The first-order valence-corrected chi connectivity index (χ1v) is 5.44. The van der Waals surface area contributed by atoms with Crippen molar-refractivity contribution in [3.63, 3.8) is 0 Å². The summed E-state index contributed by atoms with van der Waals surface area (Å²) >= 11 is 0. The van der Waals surface area contributed by atoms with Crippen LogP contribution in [0.1, 0.15) is 5.56 Å². The van der Waals surface area contributed by atoms with Gasteiger partial charge >= 0.3 is 6.09 Å². The van der Waals surface area contributed by atoms with Crippen LogP contribution in [0.15, 0.2) is 43.1 Å². The second-order valence-corrected chi connectivity index (χ2v) is 3.96. The molecule has 0 saturated carbocycles. The third-order valence-electron chi connectivity index (χ3n) is 2.87. The Hall–Kier alpha value is -2.56. The number of carboxylic acid groups (broad SMARTS) is 1. The van der Waals surface area contributed by atoms with Gasteiger partial charge in [-0.25, -0.2) is 4.79 Å². The molecule has 2 heterocycles. The van der Waals surface area contributed by atoms with Gasteiger partial charge in [-0.1, -0.05) is 12.1 Å². The van der Waals surface area contributed by atoms with Crippen LogP contribution >= 0.6 is 0 Å². The fourth-order valence-corrected chi connectivity index (χ4v) is 1.98. The quantitative estimate of drug-likeness (QED) is 0.771. The number of carbonyl (C=O) groups is 1. The van der Waals surface area contributed by atoms with Gasteiger partial charge in [0.15, 0.2) is 0 Å². The summed E-state index contributed by atoms with van der Waals surface area (Å²) in [5.74, 6) is 0.667. The summed E-state index contributed by atoms with van der Waals surface area (Å²) in [6.45, 7) is 0.270. The van der Waals surface area contributed by atoms with Crippen LogP contribution in [0.3, 0.4) is 0 Å². The third-order valence-corrected chi connectivity index (χ3v) is 2.87. The van der Waals surface area contributed by atoms with Crippen molar-refractivity contribution >= 4 is 16.9 Å². The summed E-state index contributed by atoms with van der Waals surface area (Å²) in [5.41, 5.74) is 0.822. The molecule has 5 nitrogen and oxygen atoms in total. The number of hydrogen-bond acceptors (Lipinski definition) is 3. The van der Waals surface area contributed by atoms with E-state index in [1.165, 1.54) is 17.4 Å². The molecule has 5 heteroatoms. The van der Waals surface area contributed by atoms with E-state index in [1.54, 1.807) is 12.4 Å². The fraction of sp³-hybridized carbons (Fsp3) is 0.0769. The van der Waals surface area contributed by atoms with Gasteiger partial charge < -0.3 is 9.84 Å². The average Bonchev–Trinajstić information content (AvgIpc) is 2.61. The second kappa shape index (κ2) is 4.03. The summed E-state index contributed by atoms with van der Waals surface area (Å²) in [5, 5.41) is 10.9. The Morgan fingerprint density at radius 2 is 2.28 bits per heavy atom. The number of pyridine rings is 1. The maximum Gasteiger partial charge on any atom is 0.411 e. The molecule has 0 radical (unpaired) electrons. The highest BCUT2D eigenvalue weighted by molar-refractivity contribution is 5.89. The van der Waals surface area contributed by atoms with Crippen molar-refractivity contribution < 1.29 is 14.6 Å². The Bertz CT molecular complexity index is 652. The topological polar surface area (TPSA) is 62.7 Å². The lowest BCUT2D eigenvalue weighted by atomic mass is 10.1. The number of amides is 1. The SMILES string of the molecule is O=C(O)N1C=COc2c(ccc3ccncc23)C1. The van der Waals surface area contributed by atoms with E-state index in [9.17, 15) is 4.79 Å². The van der Waals surface area contributed by atoms with Crippen LogP contribution in [-0.2, 0) is 6.54 Å². The minimum Gasteiger partial charge on any atom is -0.465 e. The van der Waals surface area contributed by atoms with Gasteiger partial charge in [-0.05, 0) is 11.5 Å². The Morgan fingerprint density at radius 3 is 3.11 bits per heavy atom. The highest BCUT2D eigenvalue weighted by Gasteiger charge is 2.17. The molecule has 1 N–H and O–H groups in total. The lowest BCUT2D eigenvalue weighted by Crippen LogP contribution is -2.22. The molecule has 0 bridgehead atoms. The molecule has 3 rings (SSSR count). The average molecular weight is 242 g/mol. The molecule has 2 aromatic rings. The standard InChI is InChI=1S/C13H10N2O3/c16-13(17)15-5-6-18-12-10(8-15)2-1-9-3-4-14-7-11(9)12/h1-7H,8H2,(H,16,17). The second-order valence-electron chi connectivity index (χ2n) is 3.96. The van der Waals surface area contributed by atoms with Crippen LogP contribution in [0, 0.1) is 0 Å². The number of benzene rings is 1. The first kappa shape index (κ1) is 10.6. The van der Waals surface area contributed by atoms with Gasteiger partial charge in [0.25, 0.3) is 0 Å². The zero-order chi connectivity index (χ0) is 12.5. The van der Waals surface area contributed by atoms with Crippen LogP contribution in [0.2, 0.25) is 0 Å². The molecule has 0 aliphatic carbocycles. The lowest BCUT2D eigenvalue weighted by molar-refractivity contribution is 0.161. The van der Waals surface area contributed by atoms with E-state index in [4.69, 9.17) is 9.84 Å². The van der Waals surface area contributed by atoms with Crippen molar-refractivity contribution in [2.45, 2.75) is 6.54 Å². The highest BCUT2D eigenvalue weighted by Crippen LogP contribution is 2.31. The molecule has 1 aromatic carbocycles. The molecule has 0 unspecified atom stereocenters. The van der Waals surface area contributed by atoms with Gasteiger partial charge in [-0.2, -0.15) is 0 Å². The number of nitrogens with zero attached hydrogens (tertiary/aromatic N) is 2. The molecule has 0 spiro atoms. The van der Waals surface area contributed by atoms with Crippen molar-refractivity contribution in [3.8, 4) is 5.75 Å². The van der Waals surface area contributed by atoms with E-state index >= 15 is 0 Å². The number of hydrogen-bond donors (Lipinski definition) is 1. The molecule has 0 fully saturated rings. The molecule has 0 atom stereocenters. The molecular formula is C13H10N2O3. The molecule has 0 saturated heterocycles. The number of fused-ring (bicyclic) bond motifs is 3.